The maximum Gasteiger partial charge on any atom is 0.255 e. The first-order chi connectivity index (χ1) is 6.76. The van der Waals surface area contributed by atoms with Crippen molar-refractivity contribution in [1.82, 2.24) is 10.3 Å². The van der Waals surface area contributed by atoms with Gasteiger partial charge in [0.05, 0.1) is 5.69 Å². The van der Waals surface area contributed by atoms with Crippen molar-refractivity contribution in [2.45, 2.75) is 38.0 Å². The van der Waals surface area contributed by atoms with E-state index in [0.717, 1.165) is 16.7 Å². The van der Waals surface area contributed by atoms with Gasteiger partial charge in [0.15, 0.2) is 0 Å². The van der Waals surface area contributed by atoms with Gasteiger partial charge < -0.3 is 9.73 Å². The molecule has 1 N–H and O–H groups in total. The van der Waals surface area contributed by atoms with Gasteiger partial charge in [-0.2, -0.15) is 0 Å². The Hall–Kier alpha value is -0.480. The Labute approximate surface area is 89.7 Å². The molecule has 0 bridgehead atoms. The van der Waals surface area contributed by atoms with Crippen molar-refractivity contribution in [2.75, 3.05) is 12.8 Å². The molecule has 0 aromatic carbocycles. The van der Waals surface area contributed by atoms with Crippen LogP contribution in [0.1, 0.15) is 25.5 Å². The number of aryl methyl sites for hydroxylation is 1. The molecule has 1 aromatic heterocycles. The van der Waals surface area contributed by atoms with E-state index in [4.69, 9.17) is 4.42 Å². The Bertz CT molecular complexity index is 262. The molecular formula is C10H18N2OS. The van der Waals surface area contributed by atoms with Crippen LogP contribution in [0.2, 0.25) is 0 Å². The minimum Gasteiger partial charge on any atom is -0.440 e. The summed E-state index contributed by atoms with van der Waals surface area (Å²) in [6.07, 6.45) is 4.09. The SMILES string of the molecule is CCCC(CSc1nc(C)co1)NC. The molecule has 3 nitrogen and oxygen atoms in total. The molecule has 14 heavy (non-hydrogen) atoms. The van der Waals surface area contributed by atoms with Gasteiger partial charge in [0.2, 0.25) is 0 Å². The molecular weight excluding hydrogens is 196 g/mol. The number of nitrogens with one attached hydrogen (secondary N) is 1. The second-order valence-electron chi connectivity index (χ2n) is 3.34. The van der Waals surface area contributed by atoms with Crippen LogP contribution in [0, 0.1) is 6.92 Å². The van der Waals surface area contributed by atoms with E-state index in [1.807, 2.05) is 14.0 Å². The third kappa shape index (κ3) is 3.72. The lowest BCUT2D eigenvalue weighted by molar-refractivity contribution is 0.452. The number of hydrogen-bond donors (Lipinski definition) is 1. The topological polar surface area (TPSA) is 38.1 Å². The smallest absolute Gasteiger partial charge is 0.255 e. The van der Waals surface area contributed by atoms with Crippen molar-refractivity contribution in [3.63, 3.8) is 0 Å². The number of aromatic nitrogens is 1. The van der Waals surface area contributed by atoms with Crippen LogP contribution in [0.15, 0.2) is 15.9 Å². The third-order valence-corrected chi connectivity index (χ3v) is 3.05. The largest absolute Gasteiger partial charge is 0.440 e. The summed E-state index contributed by atoms with van der Waals surface area (Å²) in [5.74, 6) is 1.02. The highest BCUT2D eigenvalue weighted by Crippen LogP contribution is 2.18. The third-order valence-electron chi connectivity index (χ3n) is 2.05. The number of nitrogens with zero attached hydrogens (tertiary/aromatic N) is 1. The molecule has 0 saturated carbocycles. The van der Waals surface area contributed by atoms with E-state index >= 15 is 0 Å². The zero-order chi connectivity index (χ0) is 10.4. The second kappa shape index (κ2) is 6.09. The first kappa shape index (κ1) is 11.6. The number of hydrogen-bond acceptors (Lipinski definition) is 4. The molecule has 0 spiro atoms. The summed E-state index contributed by atoms with van der Waals surface area (Å²) in [7, 11) is 2.00. The van der Waals surface area contributed by atoms with E-state index in [1.54, 1.807) is 18.0 Å². The number of oxazole rings is 1. The van der Waals surface area contributed by atoms with Crippen molar-refractivity contribution in [3.05, 3.63) is 12.0 Å². The van der Waals surface area contributed by atoms with Gasteiger partial charge in [-0.1, -0.05) is 25.1 Å². The van der Waals surface area contributed by atoms with Crippen LogP contribution in [0.3, 0.4) is 0 Å². The average Bonchev–Trinajstić information content (AvgIpc) is 2.59. The lowest BCUT2D eigenvalue weighted by Crippen LogP contribution is -2.27. The fourth-order valence-electron chi connectivity index (χ4n) is 1.23. The van der Waals surface area contributed by atoms with Gasteiger partial charge in [0.25, 0.3) is 5.22 Å². The summed E-state index contributed by atoms with van der Waals surface area (Å²) in [6, 6.07) is 0.553. The summed E-state index contributed by atoms with van der Waals surface area (Å²) in [4.78, 5) is 4.25. The summed E-state index contributed by atoms with van der Waals surface area (Å²) >= 11 is 1.67. The lowest BCUT2D eigenvalue weighted by atomic mass is 10.2. The van der Waals surface area contributed by atoms with Crippen LogP contribution in [0.4, 0.5) is 0 Å². The zero-order valence-electron chi connectivity index (χ0n) is 9.04. The summed E-state index contributed by atoms with van der Waals surface area (Å²) in [5, 5.41) is 4.07. The molecule has 0 saturated heterocycles. The summed E-state index contributed by atoms with van der Waals surface area (Å²) in [6.45, 7) is 4.14. The normalized spacial score (nSPS) is 13.1. The summed E-state index contributed by atoms with van der Waals surface area (Å²) < 4.78 is 5.26. The molecule has 0 aliphatic carbocycles. The molecule has 1 atom stereocenters. The van der Waals surface area contributed by atoms with Crippen molar-refractivity contribution >= 4 is 11.8 Å². The van der Waals surface area contributed by atoms with Gasteiger partial charge in [-0.15, -0.1) is 0 Å². The van der Waals surface area contributed by atoms with Gasteiger partial charge in [-0.3, -0.25) is 0 Å². The second-order valence-corrected chi connectivity index (χ2v) is 4.31. The number of rotatable bonds is 6. The molecule has 0 amide bonds. The molecule has 1 aromatic rings. The van der Waals surface area contributed by atoms with Crippen LogP contribution in [0.5, 0.6) is 0 Å². The monoisotopic (exact) mass is 214 g/mol. The van der Waals surface area contributed by atoms with E-state index in [9.17, 15) is 0 Å². The van der Waals surface area contributed by atoms with Crippen LogP contribution in [0.25, 0.3) is 0 Å². The molecule has 0 aliphatic heterocycles. The van der Waals surface area contributed by atoms with Crippen LogP contribution in [-0.2, 0) is 0 Å². The van der Waals surface area contributed by atoms with Crippen molar-refractivity contribution < 1.29 is 4.42 Å². The van der Waals surface area contributed by atoms with E-state index in [-0.39, 0.29) is 0 Å². The molecule has 1 heterocycles. The maximum atomic E-state index is 5.26. The van der Waals surface area contributed by atoms with Gasteiger partial charge in [-0.05, 0) is 20.4 Å². The van der Waals surface area contributed by atoms with Crippen molar-refractivity contribution in [2.24, 2.45) is 0 Å². The minimum absolute atomic E-state index is 0.553. The molecule has 1 unspecified atom stereocenters. The fraction of sp³-hybridized carbons (Fsp3) is 0.700. The van der Waals surface area contributed by atoms with Crippen molar-refractivity contribution in [1.29, 1.82) is 0 Å². The predicted molar refractivity (Wildman–Crippen MR) is 59.7 cm³/mol. The van der Waals surface area contributed by atoms with E-state index < -0.39 is 0 Å². The van der Waals surface area contributed by atoms with Crippen LogP contribution in [-0.4, -0.2) is 23.8 Å². The molecule has 0 fully saturated rings. The van der Waals surface area contributed by atoms with Crippen LogP contribution >= 0.6 is 11.8 Å². The van der Waals surface area contributed by atoms with Crippen molar-refractivity contribution in [3.8, 4) is 0 Å². The highest BCUT2D eigenvalue weighted by molar-refractivity contribution is 7.99. The van der Waals surface area contributed by atoms with Gasteiger partial charge in [0, 0.05) is 11.8 Å². The summed E-state index contributed by atoms with van der Waals surface area (Å²) in [5.41, 5.74) is 0.948. The van der Waals surface area contributed by atoms with Gasteiger partial charge >= 0.3 is 0 Å². The first-order valence-electron chi connectivity index (χ1n) is 4.98. The van der Waals surface area contributed by atoms with E-state index in [0.29, 0.717) is 6.04 Å². The Morgan fingerprint density at radius 2 is 2.43 bits per heavy atom. The standard InChI is InChI=1S/C10H18N2OS/c1-4-5-9(11-3)7-14-10-12-8(2)6-13-10/h6,9,11H,4-5,7H2,1-3H3. The molecule has 0 aliphatic rings. The Kier molecular flexibility index (Phi) is 5.04. The lowest BCUT2D eigenvalue weighted by Gasteiger charge is -2.12. The quantitative estimate of drug-likeness (QED) is 0.738. The van der Waals surface area contributed by atoms with E-state index in [2.05, 4.69) is 17.2 Å². The highest BCUT2D eigenvalue weighted by Gasteiger charge is 2.08. The Morgan fingerprint density at radius 3 is 2.93 bits per heavy atom. The van der Waals surface area contributed by atoms with Gasteiger partial charge in [0.1, 0.15) is 6.26 Å². The van der Waals surface area contributed by atoms with E-state index in [1.165, 1.54) is 12.8 Å². The number of thioether (sulfide) groups is 1. The van der Waals surface area contributed by atoms with Crippen LogP contribution < -0.4 is 5.32 Å². The maximum absolute atomic E-state index is 5.26. The zero-order valence-corrected chi connectivity index (χ0v) is 9.86. The molecule has 4 heteroatoms. The molecule has 80 valence electrons. The predicted octanol–water partition coefficient (Wildman–Crippen LogP) is 2.46. The average molecular weight is 214 g/mol. The first-order valence-corrected chi connectivity index (χ1v) is 5.97. The van der Waals surface area contributed by atoms with Gasteiger partial charge in [-0.25, -0.2) is 4.98 Å². The highest BCUT2D eigenvalue weighted by atomic mass is 32.2. The minimum atomic E-state index is 0.553. The molecule has 0 radical (unpaired) electrons. The molecule has 1 rings (SSSR count). The Balaban J connectivity index is 2.31. The fourth-order valence-corrected chi connectivity index (χ4v) is 2.23. The Morgan fingerprint density at radius 1 is 1.64 bits per heavy atom.